The molecule has 0 aliphatic heterocycles. The molecule has 128 valence electrons. The summed E-state index contributed by atoms with van der Waals surface area (Å²) < 4.78 is 5.20. The van der Waals surface area contributed by atoms with Crippen LogP contribution in [0.25, 0.3) is 0 Å². The van der Waals surface area contributed by atoms with Crippen LogP contribution in [0.15, 0.2) is 48.5 Å². The van der Waals surface area contributed by atoms with Crippen molar-refractivity contribution in [3.05, 3.63) is 59.7 Å². The first-order valence-corrected chi connectivity index (χ1v) is 9.56. The van der Waals surface area contributed by atoms with E-state index in [1.54, 1.807) is 7.11 Å². The topological polar surface area (TPSA) is 33.3 Å². The first kappa shape index (κ1) is 18.6. The lowest BCUT2D eigenvalue weighted by Gasteiger charge is -2.11. The molecule has 3 nitrogen and oxygen atoms in total. The van der Waals surface area contributed by atoms with Gasteiger partial charge in [0.1, 0.15) is 5.75 Å². The number of anilines is 1. The average molecular weight is 361 g/mol. The minimum Gasteiger partial charge on any atom is -0.497 e. The third-order valence-electron chi connectivity index (χ3n) is 3.60. The Bertz CT molecular complexity index is 661. The molecule has 0 saturated carbocycles. The smallest absolute Gasteiger partial charge is 0.170 e. The number of hydrogen-bond acceptors (Lipinski definition) is 3. The molecule has 0 amide bonds. The van der Waals surface area contributed by atoms with Gasteiger partial charge in [-0.1, -0.05) is 30.3 Å². The third-order valence-corrected chi connectivity index (χ3v) is 4.94. The van der Waals surface area contributed by atoms with Gasteiger partial charge in [0.05, 0.1) is 7.11 Å². The lowest BCUT2D eigenvalue weighted by atomic mass is 10.1. The maximum absolute atomic E-state index is 5.32. The number of benzene rings is 2. The molecule has 2 N–H and O–H groups in total. The van der Waals surface area contributed by atoms with Crippen molar-refractivity contribution in [3.8, 4) is 5.75 Å². The number of rotatable bonds is 8. The van der Waals surface area contributed by atoms with E-state index < -0.39 is 0 Å². The number of nitrogens with one attached hydrogen (secondary N) is 2. The van der Waals surface area contributed by atoms with Crippen LogP contribution in [0.5, 0.6) is 5.75 Å². The van der Waals surface area contributed by atoms with E-state index in [-0.39, 0.29) is 0 Å². The number of ether oxygens (including phenoxy) is 1. The Morgan fingerprint density at radius 3 is 2.79 bits per heavy atom. The van der Waals surface area contributed by atoms with E-state index in [1.807, 2.05) is 36.0 Å². The van der Waals surface area contributed by atoms with E-state index in [2.05, 4.69) is 41.8 Å². The van der Waals surface area contributed by atoms with Gasteiger partial charge in [0.15, 0.2) is 5.11 Å². The molecule has 2 aromatic carbocycles. The maximum Gasteiger partial charge on any atom is 0.170 e. The van der Waals surface area contributed by atoms with Crippen molar-refractivity contribution in [2.45, 2.75) is 19.1 Å². The van der Waals surface area contributed by atoms with Crippen LogP contribution in [0, 0.1) is 6.92 Å². The van der Waals surface area contributed by atoms with Crippen molar-refractivity contribution < 1.29 is 4.74 Å². The summed E-state index contributed by atoms with van der Waals surface area (Å²) in [4.78, 5) is 0. The number of hydrogen-bond donors (Lipinski definition) is 2. The third kappa shape index (κ3) is 6.42. The van der Waals surface area contributed by atoms with Gasteiger partial charge in [-0.05, 0) is 54.6 Å². The first-order chi connectivity index (χ1) is 11.7. The Kier molecular flexibility index (Phi) is 7.92. The van der Waals surface area contributed by atoms with Gasteiger partial charge < -0.3 is 15.4 Å². The number of thioether (sulfide) groups is 1. The zero-order valence-electron chi connectivity index (χ0n) is 14.2. The van der Waals surface area contributed by atoms with Crippen LogP contribution in [-0.2, 0) is 5.75 Å². The Morgan fingerprint density at radius 2 is 2.00 bits per heavy atom. The van der Waals surface area contributed by atoms with Crippen LogP contribution in [0.3, 0.4) is 0 Å². The largest absolute Gasteiger partial charge is 0.497 e. The molecule has 0 aliphatic carbocycles. The van der Waals surface area contributed by atoms with Crippen LogP contribution < -0.4 is 15.4 Å². The molecular weight excluding hydrogens is 336 g/mol. The highest BCUT2D eigenvalue weighted by atomic mass is 32.2. The second-order valence-corrected chi connectivity index (χ2v) is 6.96. The highest BCUT2D eigenvalue weighted by Crippen LogP contribution is 2.17. The van der Waals surface area contributed by atoms with E-state index in [9.17, 15) is 0 Å². The van der Waals surface area contributed by atoms with Crippen LogP contribution in [-0.4, -0.2) is 24.5 Å². The molecule has 5 heteroatoms. The van der Waals surface area contributed by atoms with Crippen molar-refractivity contribution in [3.63, 3.8) is 0 Å². The first-order valence-electron chi connectivity index (χ1n) is 8.00. The highest BCUT2D eigenvalue weighted by molar-refractivity contribution is 7.98. The van der Waals surface area contributed by atoms with Crippen LogP contribution in [0.1, 0.15) is 17.5 Å². The van der Waals surface area contributed by atoms with Crippen molar-refractivity contribution in [2.24, 2.45) is 0 Å². The number of thiocarbonyl (C=S) groups is 1. The normalized spacial score (nSPS) is 10.2. The molecule has 0 spiro atoms. The summed E-state index contributed by atoms with van der Waals surface area (Å²) in [6, 6.07) is 16.3. The minimum atomic E-state index is 0.646. The zero-order chi connectivity index (χ0) is 17.2. The Labute approximate surface area is 154 Å². The van der Waals surface area contributed by atoms with Crippen LogP contribution in [0.2, 0.25) is 0 Å². The molecular formula is C19H24N2OS2. The summed E-state index contributed by atoms with van der Waals surface area (Å²) in [5, 5.41) is 7.06. The molecule has 2 aromatic rings. The molecule has 0 aromatic heterocycles. The summed E-state index contributed by atoms with van der Waals surface area (Å²) in [6.45, 7) is 3.04. The van der Waals surface area contributed by atoms with E-state index in [4.69, 9.17) is 17.0 Å². The van der Waals surface area contributed by atoms with Gasteiger partial charge in [0.2, 0.25) is 0 Å². The Hall–Kier alpha value is -1.72. The second kappa shape index (κ2) is 10.2. The van der Waals surface area contributed by atoms with Gasteiger partial charge >= 0.3 is 0 Å². The standard InChI is InChI=1S/C19H24N2OS2/c1-15-7-3-4-8-16(15)14-24-12-6-11-20-19(23)21-17-9-5-10-18(13-17)22-2/h3-5,7-10,13H,6,11-12,14H2,1-2H3,(H2,20,21,23). The molecule has 0 fully saturated rings. The van der Waals surface area contributed by atoms with Gasteiger partial charge in [-0.3, -0.25) is 0 Å². The minimum absolute atomic E-state index is 0.646. The molecule has 0 saturated heterocycles. The summed E-state index contributed by atoms with van der Waals surface area (Å²) >= 11 is 7.28. The van der Waals surface area contributed by atoms with Gasteiger partial charge in [-0.25, -0.2) is 0 Å². The monoisotopic (exact) mass is 360 g/mol. The number of methoxy groups -OCH3 is 1. The molecule has 2 rings (SSSR count). The summed E-state index contributed by atoms with van der Waals surface area (Å²) in [5.41, 5.74) is 3.72. The molecule has 0 bridgehead atoms. The quantitative estimate of drug-likeness (QED) is 0.530. The average Bonchev–Trinajstić information content (AvgIpc) is 2.59. The maximum atomic E-state index is 5.32. The van der Waals surface area contributed by atoms with Gasteiger partial charge in [-0.2, -0.15) is 11.8 Å². The van der Waals surface area contributed by atoms with Crippen molar-refractivity contribution in [1.29, 1.82) is 0 Å². The Balaban J connectivity index is 1.60. The van der Waals surface area contributed by atoms with Crippen molar-refractivity contribution in [1.82, 2.24) is 5.32 Å². The second-order valence-electron chi connectivity index (χ2n) is 5.45. The lowest BCUT2D eigenvalue weighted by Crippen LogP contribution is -2.29. The predicted octanol–water partition coefficient (Wildman–Crippen LogP) is 4.61. The molecule has 24 heavy (non-hydrogen) atoms. The predicted molar refractivity (Wildman–Crippen MR) is 109 cm³/mol. The summed E-state index contributed by atoms with van der Waals surface area (Å²) in [7, 11) is 1.66. The van der Waals surface area contributed by atoms with E-state index in [1.165, 1.54) is 11.1 Å². The molecule has 0 heterocycles. The summed E-state index contributed by atoms with van der Waals surface area (Å²) in [6.07, 6.45) is 1.08. The van der Waals surface area contributed by atoms with E-state index in [0.29, 0.717) is 5.11 Å². The van der Waals surface area contributed by atoms with Gasteiger partial charge in [0, 0.05) is 24.1 Å². The van der Waals surface area contributed by atoms with E-state index in [0.717, 1.165) is 35.9 Å². The fourth-order valence-electron chi connectivity index (χ4n) is 2.21. The summed E-state index contributed by atoms with van der Waals surface area (Å²) in [5.74, 6) is 3.00. The fraction of sp³-hybridized carbons (Fsp3) is 0.316. The molecule has 0 unspecified atom stereocenters. The van der Waals surface area contributed by atoms with Gasteiger partial charge in [-0.15, -0.1) is 0 Å². The van der Waals surface area contributed by atoms with Gasteiger partial charge in [0.25, 0.3) is 0 Å². The van der Waals surface area contributed by atoms with Crippen molar-refractivity contribution >= 4 is 34.8 Å². The highest BCUT2D eigenvalue weighted by Gasteiger charge is 2.00. The van der Waals surface area contributed by atoms with E-state index >= 15 is 0 Å². The zero-order valence-corrected chi connectivity index (χ0v) is 15.8. The molecule has 0 atom stereocenters. The molecule has 0 radical (unpaired) electrons. The SMILES string of the molecule is COc1cccc(NC(=S)NCCCSCc2ccccc2C)c1. The Morgan fingerprint density at radius 1 is 1.17 bits per heavy atom. The van der Waals surface area contributed by atoms with Crippen LogP contribution in [0.4, 0.5) is 5.69 Å². The van der Waals surface area contributed by atoms with Crippen LogP contribution >= 0.6 is 24.0 Å². The van der Waals surface area contributed by atoms with Crippen molar-refractivity contribution in [2.75, 3.05) is 24.7 Å². The molecule has 0 aliphatic rings. The fourth-order valence-corrected chi connectivity index (χ4v) is 3.46. The lowest BCUT2D eigenvalue weighted by molar-refractivity contribution is 0.415. The number of aryl methyl sites for hydroxylation is 1.